The molecule has 1 aromatic carbocycles. The number of imidazole rings is 1. The van der Waals surface area contributed by atoms with E-state index in [0.717, 1.165) is 31.7 Å². The standard InChI is InChI=1S/C19H16N2O2S2/c1-11-5-6-13(8-12(11)2)18-16(9-17(22)23)25-19-20-14(10-21(18)19)15-4-3-7-24-15/h3-8,10H,9H2,1-2H3,(H,22,23). The second-order valence-corrected chi connectivity index (χ2v) is 8.01. The van der Waals surface area contributed by atoms with Crippen molar-refractivity contribution in [1.82, 2.24) is 9.38 Å². The molecule has 25 heavy (non-hydrogen) atoms. The van der Waals surface area contributed by atoms with Crippen molar-refractivity contribution >= 4 is 33.6 Å². The van der Waals surface area contributed by atoms with Gasteiger partial charge in [0.1, 0.15) is 5.69 Å². The van der Waals surface area contributed by atoms with Crippen LogP contribution in [0, 0.1) is 13.8 Å². The molecule has 0 unspecified atom stereocenters. The molecule has 0 aliphatic rings. The van der Waals surface area contributed by atoms with Crippen molar-refractivity contribution in [2.24, 2.45) is 0 Å². The normalized spacial score (nSPS) is 11.3. The lowest BCUT2D eigenvalue weighted by Gasteiger charge is -2.07. The van der Waals surface area contributed by atoms with Crippen LogP contribution in [0.2, 0.25) is 0 Å². The van der Waals surface area contributed by atoms with E-state index in [1.165, 1.54) is 22.5 Å². The van der Waals surface area contributed by atoms with E-state index in [1.807, 2.05) is 28.1 Å². The molecule has 6 heteroatoms. The van der Waals surface area contributed by atoms with Crippen LogP contribution in [-0.4, -0.2) is 20.5 Å². The molecule has 3 aromatic heterocycles. The van der Waals surface area contributed by atoms with Gasteiger partial charge in [-0.1, -0.05) is 18.2 Å². The third-order valence-corrected chi connectivity index (χ3v) is 6.21. The Hall–Kier alpha value is -2.44. The number of aromatic nitrogens is 2. The van der Waals surface area contributed by atoms with Gasteiger partial charge in [-0.3, -0.25) is 9.20 Å². The largest absolute Gasteiger partial charge is 0.481 e. The first-order valence-corrected chi connectivity index (χ1v) is 9.56. The summed E-state index contributed by atoms with van der Waals surface area (Å²) in [7, 11) is 0. The summed E-state index contributed by atoms with van der Waals surface area (Å²) < 4.78 is 2.03. The highest BCUT2D eigenvalue weighted by Gasteiger charge is 2.19. The fourth-order valence-electron chi connectivity index (χ4n) is 2.88. The molecule has 0 saturated carbocycles. The fourth-order valence-corrected chi connectivity index (χ4v) is 4.67. The van der Waals surface area contributed by atoms with Crippen molar-refractivity contribution in [3.05, 3.63) is 57.9 Å². The van der Waals surface area contributed by atoms with E-state index >= 15 is 0 Å². The molecule has 126 valence electrons. The number of carboxylic acids is 1. The van der Waals surface area contributed by atoms with Crippen LogP contribution < -0.4 is 0 Å². The molecule has 4 nitrogen and oxygen atoms in total. The van der Waals surface area contributed by atoms with Crippen LogP contribution in [0.1, 0.15) is 16.0 Å². The zero-order valence-corrected chi connectivity index (χ0v) is 15.4. The number of aliphatic carboxylic acids is 1. The Morgan fingerprint density at radius 3 is 2.76 bits per heavy atom. The summed E-state index contributed by atoms with van der Waals surface area (Å²) in [6.45, 7) is 4.15. The molecule has 0 aliphatic heterocycles. The van der Waals surface area contributed by atoms with Gasteiger partial charge in [-0.2, -0.15) is 0 Å². The zero-order valence-electron chi connectivity index (χ0n) is 13.8. The Bertz CT molecular complexity index is 1070. The van der Waals surface area contributed by atoms with Gasteiger partial charge in [0.25, 0.3) is 0 Å². The number of carbonyl (C=O) groups is 1. The monoisotopic (exact) mass is 368 g/mol. The van der Waals surface area contributed by atoms with Crippen molar-refractivity contribution in [1.29, 1.82) is 0 Å². The van der Waals surface area contributed by atoms with Crippen LogP contribution in [-0.2, 0) is 11.2 Å². The average Bonchev–Trinajstić information content (AvgIpc) is 3.24. The van der Waals surface area contributed by atoms with Gasteiger partial charge < -0.3 is 5.11 Å². The molecule has 0 spiro atoms. The molecule has 0 saturated heterocycles. The Labute approximate surface area is 153 Å². The van der Waals surface area contributed by atoms with Crippen LogP contribution in [0.5, 0.6) is 0 Å². The predicted molar refractivity (Wildman–Crippen MR) is 103 cm³/mol. The lowest BCUT2D eigenvalue weighted by Crippen LogP contribution is -2.00. The van der Waals surface area contributed by atoms with Crippen LogP contribution in [0.15, 0.2) is 41.9 Å². The van der Waals surface area contributed by atoms with Crippen LogP contribution in [0.3, 0.4) is 0 Å². The van der Waals surface area contributed by atoms with E-state index < -0.39 is 5.97 Å². The summed E-state index contributed by atoms with van der Waals surface area (Å²) in [6.07, 6.45) is 2.01. The molecule has 4 aromatic rings. The summed E-state index contributed by atoms with van der Waals surface area (Å²) in [5, 5.41) is 11.3. The summed E-state index contributed by atoms with van der Waals surface area (Å²) in [5.74, 6) is -0.826. The minimum atomic E-state index is -0.826. The maximum Gasteiger partial charge on any atom is 0.308 e. The van der Waals surface area contributed by atoms with Crippen molar-refractivity contribution in [2.75, 3.05) is 0 Å². The van der Waals surface area contributed by atoms with Gasteiger partial charge >= 0.3 is 5.97 Å². The summed E-state index contributed by atoms with van der Waals surface area (Å²) in [6, 6.07) is 10.3. The fraction of sp³-hybridized carbons (Fsp3) is 0.158. The highest BCUT2D eigenvalue weighted by Crippen LogP contribution is 2.35. The highest BCUT2D eigenvalue weighted by atomic mass is 32.1. The molecule has 0 atom stereocenters. The van der Waals surface area contributed by atoms with Crippen LogP contribution in [0.4, 0.5) is 0 Å². The Kier molecular flexibility index (Phi) is 3.94. The predicted octanol–water partition coefficient (Wildman–Crippen LogP) is 5.04. The third kappa shape index (κ3) is 2.88. The minimum absolute atomic E-state index is 0.00458. The van der Waals surface area contributed by atoms with E-state index in [-0.39, 0.29) is 6.42 Å². The molecular weight excluding hydrogens is 352 g/mol. The van der Waals surface area contributed by atoms with Crippen molar-refractivity contribution < 1.29 is 9.90 Å². The Morgan fingerprint density at radius 1 is 1.24 bits per heavy atom. The molecular formula is C19H16N2O2S2. The third-order valence-electron chi connectivity index (χ3n) is 4.26. The van der Waals surface area contributed by atoms with Gasteiger partial charge in [0, 0.05) is 11.1 Å². The average molecular weight is 368 g/mol. The number of hydrogen-bond donors (Lipinski definition) is 1. The van der Waals surface area contributed by atoms with Gasteiger partial charge in [0.15, 0.2) is 4.96 Å². The molecule has 1 N–H and O–H groups in total. The lowest BCUT2D eigenvalue weighted by molar-refractivity contribution is -0.136. The minimum Gasteiger partial charge on any atom is -0.481 e. The maximum absolute atomic E-state index is 11.3. The van der Waals surface area contributed by atoms with Crippen LogP contribution >= 0.6 is 22.7 Å². The molecule has 0 aliphatic carbocycles. The molecule has 0 fully saturated rings. The van der Waals surface area contributed by atoms with Gasteiger partial charge in [0.2, 0.25) is 0 Å². The SMILES string of the molecule is Cc1ccc(-c2c(CC(=O)O)sc3nc(-c4cccs4)cn23)cc1C. The van der Waals surface area contributed by atoms with E-state index in [0.29, 0.717) is 0 Å². The first kappa shape index (κ1) is 16.1. The second kappa shape index (κ2) is 6.13. The van der Waals surface area contributed by atoms with E-state index in [9.17, 15) is 9.90 Å². The van der Waals surface area contributed by atoms with E-state index in [4.69, 9.17) is 4.98 Å². The number of hydrogen-bond acceptors (Lipinski definition) is 4. The van der Waals surface area contributed by atoms with Crippen LogP contribution in [0.25, 0.3) is 26.8 Å². The van der Waals surface area contributed by atoms with E-state index in [2.05, 4.69) is 32.0 Å². The summed E-state index contributed by atoms with van der Waals surface area (Å²) in [4.78, 5) is 18.8. The topological polar surface area (TPSA) is 54.6 Å². The number of carboxylic acid groups (broad SMARTS) is 1. The van der Waals surface area contributed by atoms with Crippen molar-refractivity contribution in [3.63, 3.8) is 0 Å². The Balaban J connectivity index is 1.93. The van der Waals surface area contributed by atoms with Crippen molar-refractivity contribution in [2.45, 2.75) is 20.3 Å². The lowest BCUT2D eigenvalue weighted by atomic mass is 10.0. The first-order valence-electron chi connectivity index (χ1n) is 7.87. The molecule has 3 heterocycles. The van der Waals surface area contributed by atoms with Gasteiger partial charge in [-0.15, -0.1) is 22.7 Å². The first-order chi connectivity index (χ1) is 12.0. The number of thiophene rings is 1. The number of rotatable bonds is 4. The molecule has 0 bridgehead atoms. The number of fused-ring (bicyclic) bond motifs is 1. The number of nitrogens with zero attached hydrogens (tertiary/aromatic N) is 2. The smallest absolute Gasteiger partial charge is 0.308 e. The van der Waals surface area contributed by atoms with Gasteiger partial charge in [-0.05, 0) is 48.1 Å². The summed E-state index contributed by atoms with van der Waals surface area (Å²) >= 11 is 3.10. The zero-order chi connectivity index (χ0) is 17.6. The summed E-state index contributed by atoms with van der Waals surface area (Å²) in [5.41, 5.74) is 5.30. The Morgan fingerprint density at radius 2 is 2.08 bits per heavy atom. The maximum atomic E-state index is 11.3. The molecule has 0 amide bonds. The molecule has 4 rings (SSSR count). The van der Waals surface area contributed by atoms with Gasteiger partial charge in [-0.25, -0.2) is 4.98 Å². The quantitative estimate of drug-likeness (QED) is 0.549. The molecule has 0 radical (unpaired) electrons. The number of thiazole rings is 1. The highest BCUT2D eigenvalue weighted by molar-refractivity contribution is 7.17. The number of aryl methyl sites for hydroxylation is 2. The van der Waals surface area contributed by atoms with Gasteiger partial charge in [0.05, 0.1) is 17.0 Å². The van der Waals surface area contributed by atoms with Crippen molar-refractivity contribution in [3.8, 4) is 21.8 Å². The number of benzene rings is 1. The second-order valence-electron chi connectivity index (χ2n) is 6.00. The van der Waals surface area contributed by atoms with E-state index in [1.54, 1.807) is 11.3 Å².